The van der Waals surface area contributed by atoms with E-state index in [-0.39, 0.29) is 5.88 Å². The van der Waals surface area contributed by atoms with Crippen LogP contribution in [0.1, 0.15) is 32.3 Å². The maximum atomic E-state index is 10.1. The van der Waals surface area contributed by atoms with Crippen molar-refractivity contribution in [3.8, 4) is 5.88 Å². The minimum Gasteiger partial charge on any atom is -0.494 e. The van der Waals surface area contributed by atoms with Gasteiger partial charge in [0.1, 0.15) is 0 Å². The van der Waals surface area contributed by atoms with Crippen LogP contribution >= 0.6 is 0 Å². The van der Waals surface area contributed by atoms with E-state index >= 15 is 0 Å². The molecule has 0 fully saturated rings. The first-order valence-electron chi connectivity index (χ1n) is 8.91. The summed E-state index contributed by atoms with van der Waals surface area (Å²) in [4.78, 5) is 9.90. The molecule has 0 aliphatic carbocycles. The van der Waals surface area contributed by atoms with E-state index in [0.717, 1.165) is 48.1 Å². The number of nitrogens with zero attached hydrogens (tertiary/aromatic N) is 2. The van der Waals surface area contributed by atoms with Gasteiger partial charge in [-0.05, 0) is 43.2 Å². The van der Waals surface area contributed by atoms with Crippen molar-refractivity contribution in [2.75, 3.05) is 18.0 Å². The molecule has 0 spiro atoms. The number of aliphatic imine (C=N–C) groups is 1. The molecule has 3 rings (SSSR count). The largest absolute Gasteiger partial charge is 0.494 e. The van der Waals surface area contributed by atoms with Gasteiger partial charge in [0.15, 0.2) is 5.88 Å². The zero-order valence-electron chi connectivity index (χ0n) is 14.9. The molecule has 25 heavy (non-hydrogen) atoms. The first-order valence-corrected chi connectivity index (χ1v) is 8.91. The van der Waals surface area contributed by atoms with Crippen molar-refractivity contribution in [2.45, 2.75) is 26.7 Å². The molecule has 2 N–H and O–H groups in total. The van der Waals surface area contributed by atoms with E-state index in [2.05, 4.69) is 40.9 Å². The molecule has 4 heteroatoms. The number of nitrogens with one attached hydrogen (secondary N) is 1. The van der Waals surface area contributed by atoms with Crippen LogP contribution in [0.2, 0.25) is 0 Å². The van der Waals surface area contributed by atoms with Gasteiger partial charge in [-0.1, -0.05) is 32.0 Å². The number of hydrogen-bond acceptors (Lipinski definition) is 3. The Morgan fingerprint density at radius 3 is 2.36 bits per heavy atom. The summed E-state index contributed by atoms with van der Waals surface area (Å²) in [5, 5.41) is 11.1. The summed E-state index contributed by atoms with van der Waals surface area (Å²) in [6, 6.07) is 16.1. The fourth-order valence-corrected chi connectivity index (χ4v) is 3.08. The Bertz CT molecular complexity index is 843. The van der Waals surface area contributed by atoms with E-state index in [9.17, 15) is 5.11 Å². The number of para-hydroxylation sites is 1. The van der Waals surface area contributed by atoms with E-state index in [1.807, 2.05) is 36.4 Å². The van der Waals surface area contributed by atoms with E-state index in [1.54, 1.807) is 6.21 Å². The van der Waals surface area contributed by atoms with Crippen molar-refractivity contribution >= 4 is 28.5 Å². The SMILES string of the molecule is CCCN(CCC)c1ccc(N=Cc2c(O)[nH]c3ccccc23)cc1. The summed E-state index contributed by atoms with van der Waals surface area (Å²) >= 11 is 0. The highest BCUT2D eigenvalue weighted by Gasteiger charge is 2.08. The van der Waals surface area contributed by atoms with Crippen LogP contribution in [0.4, 0.5) is 11.4 Å². The zero-order chi connectivity index (χ0) is 17.6. The number of anilines is 1. The van der Waals surface area contributed by atoms with Gasteiger partial charge in [-0.2, -0.15) is 0 Å². The topological polar surface area (TPSA) is 51.6 Å². The van der Waals surface area contributed by atoms with Crippen LogP contribution in [0.5, 0.6) is 5.88 Å². The van der Waals surface area contributed by atoms with E-state index in [0.29, 0.717) is 0 Å². The molecular formula is C21H25N3O. The van der Waals surface area contributed by atoms with Gasteiger partial charge < -0.3 is 15.0 Å². The lowest BCUT2D eigenvalue weighted by atomic mass is 10.2. The monoisotopic (exact) mass is 335 g/mol. The Morgan fingerprint density at radius 2 is 1.68 bits per heavy atom. The van der Waals surface area contributed by atoms with Crippen LogP contribution in [0.15, 0.2) is 53.5 Å². The van der Waals surface area contributed by atoms with Crippen molar-refractivity contribution in [1.29, 1.82) is 0 Å². The molecule has 0 aliphatic rings. The van der Waals surface area contributed by atoms with Crippen LogP contribution in [-0.2, 0) is 0 Å². The van der Waals surface area contributed by atoms with E-state index < -0.39 is 0 Å². The number of aromatic amines is 1. The molecule has 0 atom stereocenters. The number of fused-ring (bicyclic) bond motifs is 1. The first-order chi connectivity index (χ1) is 12.2. The predicted molar refractivity (Wildman–Crippen MR) is 106 cm³/mol. The molecule has 0 unspecified atom stereocenters. The van der Waals surface area contributed by atoms with Crippen LogP contribution in [-0.4, -0.2) is 29.4 Å². The highest BCUT2D eigenvalue weighted by atomic mass is 16.3. The molecule has 0 radical (unpaired) electrons. The second kappa shape index (κ2) is 7.88. The molecule has 4 nitrogen and oxygen atoms in total. The van der Waals surface area contributed by atoms with Gasteiger partial charge in [0.25, 0.3) is 0 Å². The Kier molecular flexibility index (Phi) is 5.39. The van der Waals surface area contributed by atoms with Gasteiger partial charge in [0.05, 0.1) is 11.3 Å². The third-order valence-corrected chi connectivity index (χ3v) is 4.27. The van der Waals surface area contributed by atoms with Crippen molar-refractivity contribution in [1.82, 2.24) is 4.98 Å². The first kappa shape index (κ1) is 17.1. The van der Waals surface area contributed by atoms with Gasteiger partial charge in [0, 0.05) is 35.9 Å². The number of rotatable bonds is 7. The number of H-pyrrole nitrogens is 1. The average Bonchev–Trinajstić information content (AvgIpc) is 2.95. The number of hydrogen-bond donors (Lipinski definition) is 2. The molecule has 0 aliphatic heterocycles. The molecule has 3 aromatic rings. The quantitative estimate of drug-likeness (QED) is 0.579. The van der Waals surface area contributed by atoms with Crippen molar-refractivity contribution < 1.29 is 5.11 Å². The minimum atomic E-state index is 0.152. The summed E-state index contributed by atoms with van der Waals surface area (Å²) < 4.78 is 0. The Morgan fingerprint density at radius 1 is 1.00 bits per heavy atom. The smallest absolute Gasteiger partial charge is 0.198 e. The summed E-state index contributed by atoms with van der Waals surface area (Å²) in [7, 11) is 0. The maximum absolute atomic E-state index is 10.1. The van der Waals surface area contributed by atoms with Crippen molar-refractivity contribution in [3.05, 3.63) is 54.1 Å². The summed E-state index contributed by atoms with van der Waals surface area (Å²) in [5.41, 5.74) is 3.74. The zero-order valence-corrected chi connectivity index (χ0v) is 14.9. The van der Waals surface area contributed by atoms with Gasteiger partial charge in [-0.25, -0.2) is 0 Å². The van der Waals surface area contributed by atoms with Crippen LogP contribution in [0, 0.1) is 0 Å². The number of aromatic hydroxyl groups is 1. The lowest BCUT2D eigenvalue weighted by molar-refractivity contribution is 0.457. The molecule has 0 saturated heterocycles. The van der Waals surface area contributed by atoms with Gasteiger partial charge in [0.2, 0.25) is 0 Å². The molecule has 0 saturated carbocycles. The van der Waals surface area contributed by atoms with Crippen LogP contribution in [0.3, 0.4) is 0 Å². The molecule has 1 heterocycles. The summed E-state index contributed by atoms with van der Waals surface area (Å²) in [6.07, 6.45) is 4.00. The highest BCUT2D eigenvalue weighted by Crippen LogP contribution is 2.26. The Labute approximate surface area is 148 Å². The van der Waals surface area contributed by atoms with Gasteiger partial charge >= 0.3 is 0 Å². The third-order valence-electron chi connectivity index (χ3n) is 4.27. The minimum absolute atomic E-state index is 0.152. The van der Waals surface area contributed by atoms with E-state index in [4.69, 9.17) is 0 Å². The fourth-order valence-electron chi connectivity index (χ4n) is 3.08. The molecule has 0 bridgehead atoms. The van der Waals surface area contributed by atoms with Gasteiger partial charge in [-0.15, -0.1) is 0 Å². The second-order valence-electron chi connectivity index (χ2n) is 6.19. The summed E-state index contributed by atoms with van der Waals surface area (Å²) in [6.45, 7) is 6.54. The highest BCUT2D eigenvalue weighted by molar-refractivity contribution is 6.02. The second-order valence-corrected chi connectivity index (χ2v) is 6.19. The molecule has 2 aromatic carbocycles. The average molecular weight is 335 g/mol. The van der Waals surface area contributed by atoms with Crippen molar-refractivity contribution in [3.63, 3.8) is 0 Å². The fraction of sp³-hybridized carbons (Fsp3) is 0.286. The van der Waals surface area contributed by atoms with Crippen LogP contribution < -0.4 is 4.90 Å². The van der Waals surface area contributed by atoms with Crippen LogP contribution in [0.25, 0.3) is 10.9 Å². The predicted octanol–water partition coefficient (Wildman–Crippen LogP) is 5.25. The Balaban J connectivity index is 1.80. The number of aromatic nitrogens is 1. The normalized spacial score (nSPS) is 11.4. The molecular weight excluding hydrogens is 310 g/mol. The molecule has 0 amide bonds. The summed E-state index contributed by atoms with van der Waals surface area (Å²) in [5.74, 6) is 0.152. The van der Waals surface area contributed by atoms with Crippen molar-refractivity contribution in [2.24, 2.45) is 4.99 Å². The van der Waals surface area contributed by atoms with Gasteiger partial charge in [-0.3, -0.25) is 4.99 Å². The number of benzene rings is 2. The maximum Gasteiger partial charge on any atom is 0.198 e. The Hall–Kier alpha value is -2.75. The molecule has 1 aromatic heterocycles. The lowest BCUT2D eigenvalue weighted by Crippen LogP contribution is -2.24. The standard InChI is InChI=1S/C21H25N3O/c1-3-13-24(14-4-2)17-11-9-16(10-12-17)22-15-19-18-7-5-6-8-20(18)23-21(19)25/h5-12,15,23,25H,3-4,13-14H2,1-2H3. The van der Waals surface area contributed by atoms with E-state index in [1.165, 1.54) is 5.69 Å². The third kappa shape index (κ3) is 3.85. The lowest BCUT2D eigenvalue weighted by Gasteiger charge is -2.23. The molecule has 130 valence electrons.